The van der Waals surface area contributed by atoms with Crippen molar-refractivity contribution in [3.63, 3.8) is 0 Å². The van der Waals surface area contributed by atoms with E-state index in [1.807, 2.05) is 36.3 Å². The summed E-state index contributed by atoms with van der Waals surface area (Å²) in [5, 5.41) is 16.8. The van der Waals surface area contributed by atoms with Gasteiger partial charge in [-0.15, -0.1) is 0 Å². The third-order valence-corrected chi connectivity index (χ3v) is 15.6. The van der Waals surface area contributed by atoms with Crippen LogP contribution in [0.3, 0.4) is 0 Å². The normalized spacial score (nSPS) is 14.9. The molecule has 0 bridgehead atoms. The first-order valence-corrected chi connectivity index (χ1v) is 23.3. The minimum atomic E-state index is -0.707. The van der Waals surface area contributed by atoms with Crippen molar-refractivity contribution in [3.8, 4) is 34.5 Å². The maximum atomic E-state index is 9.81. The summed E-state index contributed by atoms with van der Waals surface area (Å²) in [6.45, 7) is 0. The average Bonchev–Trinajstić information content (AvgIpc) is 4.10. The summed E-state index contributed by atoms with van der Waals surface area (Å²) >= 11 is 1.84. The monoisotopic (exact) mass is 870 g/mol. The van der Waals surface area contributed by atoms with Crippen molar-refractivity contribution in [2.75, 3.05) is 0 Å². The number of aromatic nitrogens is 5. The summed E-state index contributed by atoms with van der Waals surface area (Å²) in [6.07, 6.45) is 3.94. The van der Waals surface area contributed by atoms with Gasteiger partial charge in [-0.05, 0) is 114 Å². The topological polar surface area (TPSA) is 64.4 Å². The van der Waals surface area contributed by atoms with Gasteiger partial charge in [0.1, 0.15) is 0 Å². The van der Waals surface area contributed by atoms with Gasteiger partial charge in [0, 0.05) is 65.2 Å². The van der Waals surface area contributed by atoms with E-state index in [4.69, 9.17) is 9.97 Å². The molecule has 15 rings (SSSR count). The number of para-hydroxylation sites is 4. The third-order valence-electron chi connectivity index (χ3n) is 14.4. The average molecular weight is 871 g/mol. The van der Waals surface area contributed by atoms with E-state index >= 15 is 0 Å². The highest BCUT2D eigenvalue weighted by molar-refractivity contribution is 7.99. The second-order valence-electron chi connectivity index (χ2n) is 17.6. The van der Waals surface area contributed by atoms with Gasteiger partial charge in [0.15, 0.2) is 0 Å². The summed E-state index contributed by atoms with van der Waals surface area (Å²) in [4.78, 5) is 12.9. The van der Waals surface area contributed by atoms with E-state index in [1.165, 1.54) is 42.5 Å². The van der Waals surface area contributed by atoms with Crippen LogP contribution in [0.15, 0.2) is 216 Å². The van der Waals surface area contributed by atoms with Crippen molar-refractivity contribution >= 4 is 77.2 Å². The fraction of sp³-hybridized carbons (Fsp3) is 0.0167. The van der Waals surface area contributed by atoms with Crippen LogP contribution in [-0.2, 0) is 5.41 Å². The zero-order chi connectivity index (χ0) is 44.0. The van der Waals surface area contributed by atoms with E-state index < -0.39 is 5.41 Å². The maximum Gasteiger partial charge on any atom is 0.0991 e. The molecule has 8 aromatic carbocycles. The molecule has 0 saturated heterocycles. The van der Waals surface area contributed by atoms with Crippen LogP contribution >= 0.6 is 11.8 Å². The summed E-state index contributed by atoms with van der Waals surface area (Å²) in [6, 6.07) is 72.5. The molecule has 1 spiro atoms. The van der Waals surface area contributed by atoms with Gasteiger partial charge in [-0.2, -0.15) is 5.26 Å². The molecule has 6 heterocycles. The van der Waals surface area contributed by atoms with Crippen LogP contribution in [0.1, 0.15) is 27.8 Å². The Morgan fingerprint density at radius 3 is 1.57 bits per heavy atom. The zero-order valence-corrected chi connectivity index (χ0v) is 36.5. The van der Waals surface area contributed by atoms with Gasteiger partial charge in [0.05, 0.1) is 73.4 Å². The fourth-order valence-electron chi connectivity index (χ4n) is 11.7. The molecule has 67 heavy (non-hydrogen) atoms. The van der Waals surface area contributed by atoms with Crippen LogP contribution in [0.5, 0.6) is 0 Å². The molecular formula is C60H34N6S. The summed E-state index contributed by atoms with van der Waals surface area (Å²) < 4.78 is 7.14. The number of pyridine rings is 2. The van der Waals surface area contributed by atoms with Crippen LogP contribution in [0.25, 0.3) is 93.9 Å². The Labute approximate surface area is 388 Å². The predicted molar refractivity (Wildman–Crippen MR) is 271 cm³/mol. The number of nitriles is 1. The van der Waals surface area contributed by atoms with Gasteiger partial charge < -0.3 is 13.7 Å². The standard InChI is InChI=1S/C60H34N6S/c61-34-36-23-26-54-44(30-36)42-14-3-8-20-52(42)64(54)37-24-27-55-45(31-37)43-15-4-9-21-53(43)65(55)38-25-28-57-48(32-38)60(46-16-5-10-22-56(46)67-57)47-17-11-29-62-58(47)59-49(60)33-39(35-63-59)66-50-18-6-1-12-40(50)41-13-2-7-19-51(41)66/h1-33,35H. The maximum absolute atomic E-state index is 9.81. The lowest BCUT2D eigenvalue weighted by molar-refractivity contribution is 0.717. The molecule has 2 aliphatic rings. The first-order valence-electron chi connectivity index (χ1n) is 22.5. The Kier molecular flexibility index (Phi) is 7.34. The van der Waals surface area contributed by atoms with Crippen LogP contribution in [0.4, 0.5) is 0 Å². The van der Waals surface area contributed by atoms with Gasteiger partial charge in [-0.3, -0.25) is 9.97 Å². The van der Waals surface area contributed by atoms with Gasteiger partial charge in [-0.25, -0.2) is 0 Å². The number of benzene rings is 8. The molecule has 6 nitrogen and oxygen atoms in total. The van der Waals surface area contributed by atoms with Crippen LogP contribution < -0.4 is 0 Å². The molecule has 0 fully saturated rings. The van der Waals surface area contributed by atoms with Crippen molar-refractivity contribution in [2.24, 2.45) is 0 Å². The third kappa shape index (κ3) is 4.79. The van der Waals surface area contributed by atoms with Crippen molar-refractivity contribution in [3.05, 3.63) is 234 Å². The number of fused-ring (bicyclic) bond motifs is 18. The molecule has 0 N–H and O–H groups in total. The van der Waals surface area contributed by atoms with Gasteiger partial charge in [-0.1, -0.05) is 109 Å². The van der Waals surface area contributed by atoms with E-state index in [9.17, 15) is 5.26 Å². The minimum Gasteiger partial charge on any atom is -0.309 e. The number of hydrogen-bond acceptors (Lipinski definition) is 4. The minimum absolute atomic E-state index is 0.656. The second kappa shape index (κ2) is 13.4. The van der Waals surface area contributed by atoms with E-state index in [1.54, 1.807) is 0 Å². The summed E-state index contributed by atoms with van der Waals surface area (Å²) in [7, 11) is 0. The lowest BCUT2D eigenvalue weighted by Gasteiger charge is -2.39. The molecule has 310 valence electrons. The van der Waals surface area contributed by atoms with E-state index in [-0.39, 0.29) is 0 Å². The van der Waals surface area contributed by atoms with E-state index in [0.717, 1.165) is 83.4 Å². The Bertz CT molecular complexity index is 4300. The van der Waals surface area contributed by atoms with Crippen molar-refractivity contribution in [2.45, 2.75) is 15.2 Å². The lowest BCUT2D eigenvalue weighted by Crippen LogP contribution is -2.32. The van der Waals surface area contributed by atoms with Gasteiger partial charge in [0.2, 0.25) is 0 Å². The molecule has 13 aromatic rings. The molecular weight excluding hydrogens is 837 g/mol. The molecule has 0 saturated carbocycles. The molecule has 0 amide bonds. The SMILES string of the molecule is N#Cc1ccc2c(c1)c1ccccc1n2-c1ccc2c(c1)c1ccccc1n2-c1ccc2c(c1)C1(c3ccccc3S2)c2cccnc2-c2ncc(-n3c4ccccc4c4ccccc43)cc21. The highest BCUT2D eigenvalue weighted by Crippen LogP contribution is 2.62. The number of rotatable bonds is 3. The van der Waals surface area contributed by atoms with Crippen molar-refractivity contribution < 1.29 is 0 Å². The van der Waals surface area contributed by atoms with Crippen LogP contribution in [0.2, 0.25) is 0 Å². The highest BCUT2D eigenvalue weighted by Gasteiger charge is 2.52. The quantitative estimate of drug-likeness (QED) is 0.177. The summed E-state index contributed by atoms with van der Waals surface area (Å²) in [5.41, 5.74) is 16.4. The molecule has 7 heteroatoms. The molecule has 1 aliphatic carbocycles. The number of nitrogens with zero attached hydrogens (tertiary/aromatic N) is 6. The predicted octanol–water partition coefficient (Wildman–Crippen LogP) is 14.5. The Morgan fingerprint density at radius 1 is 0.388 bits per heavy atom. The first kappa shape index (κ1) is 36.6. The lowest BCUT2D eigenvalue weighted by atomic mass is 9.67. The largest absolute Gasteiger partial charge is 0.309 e. The molecule has 1 aliphatic heterocycles. The zero-order valence-electron chi connectivity index (χ0n) is 35.7. The van der Waals surface area contributed by atoms with E-state index in [2.05, 4.69) is 202 Å². The Hall–Kier alpha value is -8.70. The summed E-state index contributed by atoms with van der Waals surface area (Å²) in [5.74, 6) is 0. The second-order valence-corrected chi connectivity index (χ2v) is 18.7. The van der Waals surface area contributed by atoms with Gasteiger partial charge >= 0.3 is 0 Å². The molecule has 1 atom stereocenters. The van der Waals surface area contributed by atoms with Crippen LogP contribution in [0, 0.1) is 11.3 Å². The van der Waals surface area contributed by atoms with Gasteiger partial charge in [0.25, 0.3) is 0 Å². The molecule has 0 radical (unpaired) electrons. The molecule has 1 unspecified atom stereocenters. The Balaban J connectivity index is 0.985. The smallest absolute Gasteiger partial charge is 0.0991 e. The molecule has 5 aromatic heterocycles. The highest BCUT2D eigenvalue weighted by atomic mass is 32.2. The number of hydrogen-bond donors (Lipinski definition) is 0. The fourth-order valence-corrected chi connectivity index (χ4v) is 12.9. The Morgan fingerprint density at radius 2 is 0.881 bits per heavy atom. The first-order chi connectivity index (χ1) is 33.2. The van der Waals surface area contributed by atoms with Crippen LogP contribution in [-0.4, -0.2) is 23.7 Å². The van der Waals surface area contributed by atoms with E-state index in [0.29, 0.717) is 5.56 Å². The van der Waals surface area contributed by atoms with Crippen molar-refractivity contribution in [1.29, 1.82) is 5.26 Å². The van der Waals surface area contributed by atoms with Crippen molar-refractivity contribution in [1.82, 2.24) is 23.7 Å².